The molecule has 0 aliphatic heterocycles. The van der Waals surface area contributed by atoms with Crippen LogP contribution in [-0.2, 0) is 29.0 Å². The molecule has 4 rings (SSSR count). The predicted octanol–water partition coefficient (Wildman–Crippen LogP) is 5.98. The molecule has 1 fully saturated rings. The number of rotatable bonds is 7. The van der Waals surface area contributed by atoms with Crippen molar-refractivity contribution in [1.29, 1.82) is 0 Å². The van der Waals surface area contributed by atoms with Gasteiger partial charge in [-0.3, -0.25) is 4.79 Å². The average Bonchev–Trinajstić information content (AvgIpc) is 3.23. The molecule has 0 bridgehead atoms. The Hall–Kier alpha value is -2.87. The van der Waals surface area contributed by atoms with Crippen LogP contribution in [0.4, 0.5) is 0 Å². The summed E-state index contributed by atoms with van der Waals surface area (Å²) in [5, 5.41) is 0. The molecule has 0 radical (unpaired) electrons. The second kappa shape index (κ2) is 9.56. The Morgan fingerprint density at radius 1 is 0.724 bits per heavy atom. The fourth-order valence-electron chi connectivity index (χ4n) is 4.28. The first-order valence-corrected chi connectivity index (χ1v) is 10.6. The highest BCUT2D eigenvalue weighted by Crippen LogP contribution is 2.34. The van der Waals surface area contributed by atoms with Gasteiger partial charge >= 0.3 is 5.97 Å². The molecule has 0 saturated heterocycles. The van der Waals surface area contributed by atoms with Crippen LogP contribution in [0.5, 0.6) is 0 Å². The fourth-order valence-corrected chi connectivity index (χ4v) is 4.28. The van der Waals surface area contributed by atoms with Crippen LogP contribution in [0.25, 0.3) is 0 Å². The van der Waals surface area contributed by atoms with Gasteiger partial charge in [-0.2, -0.15) is 0 Å². The molecule has 148 valence electrons. The third kappa shape index (κ3) is 5.57. The quantitative estimate of drug-likeness (QED) is 0.468. The summed E-state index contributed by atoms with van der Waals surface area (Å²) in [4.78, 5) is 12.4. The number of esters is 1. The van der Waals surface area contributed by atoms with Crippen molar-refractivity contribution in [3.8, 4) is 0 Å². The second-order valence-electron chi connectivity index (χ2n) is 8.15. The summed E-state index contributed by atoms with van der Waals surface area (Å²) in [5.74, 6) is 0.597. The first-order valence-electron chi connectivity index (χ1n) is 10.6. The average molecular weight is 385 g/mol. The van der Waals surface area contributed by atoms with Gasteiger partial charge in [0.15, 0.2) is 0 Å². The van der Waals surface area contributed by atoms with Crippen LogP contribution in [0, 0.1) is 11.8 Å². The molecular formula is C27H28O2. The monoisotopic (exact) mass is 384 g/mol. The lowest BCUT2D eigenvalue weighted by molar-refractivity contribution is -0.149. The molecule has 3 aromatic rings. The highest BCUT2D eigenvalue weighted by molar-refractivity contribution is 5.72. The molecule has 29 heavy (non-hydrogen) atoms. The summed E-state index contributed by atoms with van der Waals surface area (Å²) in [5.41, 5.74) is 5.10. The van der Waals surface area contributed by atoms with Gasteiger partial charge in [0.25, 0.3) is 0 Å². The molecule has 3 aromatic carbocycles. The van der Waals surface area contributed by atoms with Crippen LogP contribution in [0.15, 0.2) is 84.9 Å². The Morgan fingerprint density at radius 3 is 2.00 bits per heavy atom. The van der Waals surface area contributed by atoms with E-state index in [1.807, 2.05) is 30.3 Å². The van der Waals surface area contributed by atoms with Crippen molar-refractivity contribution in [3.63, 3.8) is 0 Å². The van der Waals surface area contributed by atoms with Gasteiger partial charge in [0.1, 0.15) is 6.61 Å². The van der Waals surface area contributed by atoms with Gasteiger partial charge in [-0.15, -0.1) is 0 Å². The summed E-state index contributed by atoms with van der Waals surface area (Å²) in [7, 11) is 0. The number of carbonyl (C=O) groups excluding carboxylic acids is 1. The Kier molecular flexibility index (Phi) is 6.41. The predicted molar refractivity (Wildman–Crippen MR) is 116 cm³/mol. The van der Waals surface area contributed by atoms with Gasteiger partial charge in [-0.05, 0) is 60.3 Å². The summed E-state index contributed by atoms with van der Waals surface area (Å²) in [6.07, 6.45) is 5.02. The lowest BCUT2D eigenvalue weighted by Gasteiger charge is -2.12. The van der Waals surface area contributed by atoms with E-state index in [4.69, 9.17) is 4.74 Å². The van der Waals surface area contributed by atoms with E-state index >= 15 is 0 Å². The molecule has 1 aliphatic rings. The zero-order valence-electron chi connectivity index (χ0n) is 16.8. The van der Waals surface area contributed by atoms with Crippen molar-refractivity contribution in [2.75, 3.05) is 0 Å². The SMILES string of the molecule is O=C(OCc1ccccc1)[C@@H]1CC[C@@H](Cc2ccc(Cc3ccccc3)cc2)C1. The van der Waals surface area contributed by atoms with E-state index in [1.54, 1.807) is 0 Å². The highest BCUT2D eigenvalue weighted by Gasteiger charge is 2.31. The summed E-state index contributed by atoms with van der Waals surface area (Å²) in [6.45, 7) is 0.379. The van der Waals surface area contributed by atoms with Crippen LogP contribution in [-0.4, -0.2) is 5.97 Å². The highest BCUT2D eigenvalue weighted by atomic mass is 16.5. The Labute approximate surface area is 173 Å². The molecule has 1 saturated carbocycles. The van der Waals surface area contributed by atoms with Crippen LogP contribution < -0.4 is 0 Å². The van der Waals surface area contributed by atoms with Gasteiger partial charge < -0.3 is 4.74 Å². The minimum Gasteiger partial charge on any atom is -0.461 e. The van der Waals surface area contributed by atoms with Gasteiger partial charge in [-0.1, -0.05) is 84.9 Å². The van der Waals surface area contributed by atoms with Crippen molar-refractivity contribution in [1.82, 2.24) is 0 Å². The molecule has 0 spiro atoms. The van der Waals surface area contributed by atoms with Gasteiger partial charge in [-0.25, -0.2) is 0 Å². The Bertz CT molecular complexity index is 900. The van der Waals surface area contributed by atoms with Crippen molar-refractivity contribution in [2.45, 2.75) is 38.7 Å². The van der Waals surface area contributed by atoms with Gasteiger partial charge in [0.2, 0.25) is 0 Å². The number of hydrogen-bond acceptors (Lipinski definition) is 2. The largest absolute Gasteiger partial charge is 0.461 e. The molecule has 0 aromatic heterocycles. The minimum atomic E-state index is -0.0328. The van der Waals surface area contributed by atoms with Crippen LogP contribution in [0.2, 0.25) is 0 Å². The maximum atomic E-state index is 12.4. The maximum absolute atomic E-state index is 12.4. The van der Waals surface area contributed by atoms with E-state index < -0.39 is 0 Å². The van der Waals surface area contributed by atoms with Crippen molar-refractivity contribution in [3.05, 3.63) is 107 Å². The van der Waals surface area contributed by atoms with E-state index in [-0.39, 0.29) is 11.9 Å². The zero-order chi connectivity index (χ0) is 19.9. The van der Waals surface area contributed by atoms with Crippen LogP contribution in [0.3, 0.4) is 0 Å². The lowest BCUT2D eigenvalue weighted by atomic mass is 9.95. The number of hydrogen-bond donors (Lipinski definition) is 0. The maximum Gasteiger partial charge on any atom is 0.309 e. The third-order valence-electron chi connectivity index (χ3n) is 5.90. The molecule has 2 atom stereocenters. The van der Waals surface area contributed by atoms with Crippen LogP contribution in [0.1, 0.15) is 41.5 Å². The molecular weight excluding hydrogens is 356 g/mol. The summed E-state index contributed by atoms with van der Waals surface area (Å²) >= 11 is 0. The summed E-state index contributed by atoms with van der Waals surface area (Å²) < 4.78 is 5.54. The standard InChI is InChI=1S/C27H28O2/c28-27(29-20-24-9-5-2-6-10-24)26-16-15-25(19-26)18-23-13-11-22(12-14-23)17-21-7-3-1-4-8-21/h1-14,25-26H,15-20H2/t25-,26+/m0/s1. The minimum absolute atomic E-state index is 0.0328. The topological polar surface area (TPSA) is 26.3 Å². The van der Waals surface area contributed by atoms with E-state index in [9.17, 15) is 4.79 Å². The molecule has 1 aliphatic carbocycles. The molecule has 0 amide bonds. The first kappa shape index (κ1) is 19.4. The fraction of sp³-hybridized carbons (Fsp3) is 0.296. The second-order valence-corrected chi connectivity index (χ2v) is 8.15. The van der Waals surface area contributed by atoms with Crippen molar-refractivity contribution in [2.24, 2.45) is 11.8 Å². The van der Waals surface area contributed by atoms with E-state index in [1.165, 1.54) is 16.7 Å². The van der Waals surface area contributed by atoms with Crippen LogP contribution >= 0.6 is 0 Å². The number of carbonyl (C=O) groups is 1. The van der Waals surface area contributed by atoms with Gasteiger partial charge in [0.05, 0.1) is 5.92 Å². The molecule has 2 heteroatoms. The summed E-state index contributed by atoms with van der Waals surface area (Å²) in [6, 6.07) is 29.5. The molecule has 0 N–H and O–H groups in total. The molecule has 0 unspecified atom stereocenters. The van der Waals surface area contributed by atoms with E-state index in [0.717, 1.165) is 37.7 Å². The van der Waals surface area contributed by atoms with E-state index in [0.29, 0.717) is 12.5 Å². The molecule has 2 nitrogen and oxygen atoms in total. The van der Waals surface area contributed by atoms with Crippen molar-refractivity contribution < 1.29 is 9.53 Å². The van der Waals surface area contributed by atoms with Gasteiger partial charge in [0, 0.05) is 0 Å². The lowest BCUT2D eigenvalue weighted by Crippen LogP contribution is -2.15. The number of benzene rings is 3. The normalized spacial score (nSPS) is 18.5. The van der Waals surface area contributed by atoms with E-state index in [2.05, 4.69) is 54.6 Å². The zero-order valence-corrected chi connectivity index (χ0v) is 16.8. The first-order chi connectivity index (χ1) is 14.3. The number of ether oxygens (including phenoxy) is 1. The van der Waals surface area contributed by atoms with Crippen molar-refractivity contribution >= 4 is 5.97 Å². The smallest absolute Gasteiger partial charge is 0.309 e. The Morgan fingerprint density at radius 2 is 1.31 bits per heavy atom. The Balaban J connectivity index is 1.24. The molecule has 0 heterocycles. The third-order valence-corrected chi connectivity index (χ3v) is 5.90.